The summed E-state index contributed by atoms with van der Waals surface area (Å²) in [6.07, 6.45) is 0. The molecule has 4 nitrogen and oxygen atoms in total. The van der Waals surface area contributed by atoms with Crippen molar-refractivity contribution in [3.05, 3.63) is 29.6 Å². The molecular weight excluding hydrogens is 224 g/mol. The number of rotatable bonds is 2. The first-order valence-corrected chi connectivity index (χ1v) is 6.57. The van der Waals surface area contributed by atoms with Crippen molar-refractivity contribution in [1.29, 1.82) is 0 Å². The highest BCUT2D eigenvalue weighted by Gasteiger charge is 2.15. The molecule has 1 saturated heterocycles. The number of benzene rings is 1. The molecule has 0 spiro atoms. The number of aryl methyl sites for hydroxylation is 1. The molecular formula is C14H20N4. The number of aromatic amines is 1. The lowest BCUT2D eigenvalue weighted by molar-refractivity contribution is 0.146. The van der Waals surface area contributed by atoms with E-state index in [1.807, 2.05) is 0 Å². The van der Waals surface area contributed by atoms with Gasteiger partial charge in [0, 0.05) is 26.2 Å². The molecule has 3 rings (SSSR count). The Hall–Kier alpha value is -1.39. The van der Waals surface area contributed by atoms with Crippen LogP contribution in [0, 0.1) is 6.92 Å². The topological polar surface area (TPSA) is 35.2 Å². The third kappa shape index (κ3) is 2.40. The number of nitrogens with one attached hydrogen (secondary N) is 1. The van der Waals surface area contributed by atoms with Gasteiger partial charge in [-0.2, -0.15) is 0 Å². The number of hydrogen-bond acceptors (Lipinski definition) is 3. The maximum absolute atomic E-state index is 4.66. The summed E-state index contributed by atoms with van der Waals surface area (Å²) in [5.41, 5.74) is 3.50. The van der Waals surface area contributed by atoms with Crippen LogP contribution in [-0.2, 0) is 6.54 Å². The van der Waals surface area contributed by atoms with Crippen molar-refractivity contribution in [2.75, 3.05) is 33.2 Å². The minimum Gasteiger partial charge on any atom is -0.341 e. The van der Waals surface area contributed by atoms with Crippen LogP contribution in [0.15, 0.2) is 18.2 Å². The number of piperazine rings is 1. The van der Waals surface area contributed by atoms with Crippen molar-refractivity contribution in [2.24, 2.45) is 0 Å². The fourth-order valence-electron chi connectivity index (χ4n) is 2.47. The monoisotopic (exact) mass is 244 g/mol. The number of imidazole rings is 1. The average molecular weight is 244 g/mol. The summed E-state index contributed by atoms with van der Waals surface area (Å²) in [5.74, 6) is 1.08. The second-order valence-corrected chi connectivity index (χ2v) is 5.28. The van der Waals surface area contributed by atoms with Crippen LogP contribution >= 0.6 is 0 Å². The Labute approximate surface area is 108 Å². The molecule has 0 radical (unpaired) electrons. The fourth-order valence-corrected chi connectivity index (χ4v) is 2.47. The molecule has 0 amide bonds. The van der Waals surface area contributed by atoms with E-state index in [4.69, 9.17) is 0 Å². The van der Waals surface area contributed by atoms with Gasteiger partial charge in [-0.15, -0.1) is 0 Å². The molecule has 0 aliphatic carbocycles. The maximum atomic E-state index is 4.66. The summed E-state index contributed by atoms with van der Waals surface area (Å²) in [7, 11) is 2.18. The minimum atomic E-state index is 0.932. The van der Waals surface area contributed by atoms with Gasteiger partial charge in [-0.1, -0.05) is 6.07 Å². The van der Waals surface area contributed by atoms with E-state index < -0.39 is 0 Å². The summed E-state index contributed by atoms with van der Waals surface area (Å²) in [5, 5.41) is 0. The lowest BCUT2D eigenvalue weighted by atomic mass is 10.2. The van der Waals surface area contributed by atoms with Gasteiger partial charge in [-0.25, -0.2) is 4.98 Å². The van der Waals surface area contributed by atoms with Gasteiger partial charge in [0.2, 0.25) is 0 Å². The van der Waals surface area contributed by atoms with Crippen molar-refractivity contribution in [3.63, 3.8) is 0 Å². The molecule has 2 heterocycles. The smallest absolute Gasteiger partial charge is 0.121 e. The van der Waals surface area contributed by atoms with E-state index >= 15 is 0 Å². The molecule has 0 bridgehead atoms. The summed E-state index contributed by atoms with van der Waals surface area (Å²) in [4.78, 5) is 12.9. The van der Waals surface area contributed by atoms with E-state index in [-0.39, 0.29) is 0 Å². The minimum absolute atomic E-state index is 0.932. The number of fused-ring (bicyclic) bond motifs is 1. The number of aromatic nitrogens is 2. The first kappa shape index (κ1) is 11.7. The van der Waals surface area contributed by atoms with Crippen LogP contribution in [0.4, 0.5) is 0 Å². The van der Waals surface area contributed by atoms with Gasteiger partial charge in [-0.3, -0.25) is 4.90 Å². The van der Waals surface area contributed by atoms with Crippen molar-refractivity contribution in [1.82, 2.24) is 19.8 Å². The van der Waals surface area contributed by atoms with Crippen molar-refractivity contribution in [3.8, 4) is 0 Å². The van der Waals surface area contributed by atoms with Gasteiger partial charge in [-0.05, 0) is 31.7 Å². The van der Waals surface area contributed by atoms with E-state index in [0.717, 1.165) is 49.6 Å². The van der Waals surface area contributed by atoms with Crippen molar-refractivity contribution in [2.45, 2.75) is 13.5 Å². The Morgan fingerprint density at radius 1 is 1.22 bits per heavy atom. The molecule has 0 saturated carbocycles. The molecule has 0 unspecified atom stereocenters. The van der Waals surface area contributed by atoms with Crippen LogP contribution in [0.5, 0.6) is 0 Å². The van der Waals surface area contributed by atoms with E-state index in [2.05, 4.69) is 51.9 Å². The van der Waals surface area contributed by atoms with Crippen LogP contribution in [0.2, 0.25) is 0 Å². The fraction of sp³-hybridized carbons (Fsp3) is 0.500. The second-order valence-electron chi connectivity index (χ2n) is 5.28. The van der Waals surface area contributed by atoms with Gasteiger partial charge in [0.15, 0.2) is 0 Å². The average Bonchev–Trinajstić information content (AvgIpc) is 2.73. The molecule has 2 aromatic rings. The van der Waals surface area contributed by atoms with E-state index in [9.17, 15) is 0 Å². The summed E-state index contributed by atoms with van der Waals surface area (Å²) >= 11 is 0. The van der Waals surface area contributed by atoms with Gasteiger partial charge >= 0.3 is 0 Å². The molecule has 1 N–H and O–H groups in total. The Kier molecular flexibility index (Phi) is 3.06. The molecule has 1 aromatic carbocycles. The van der Waals surface area contributed by atoms with Crippen molar-refractivity contribution < 1.29 is 0 Å². The van der Waals surface area contributed by atoms with Crippen LogP contribution < -0.4 is 0 Å². The van der Waals surface area contributed by atoms with Gasteiger partial charge in [0.25, 0.3) is 0 Å². The molecule has 1 aliphatic rings. The zero-order valence-corrected chi connectivity index (χ0v) is 11.1. The lowest BCUT2D eigenvalue weighted by Gasteiger charge is -2.31. The van der Waals surface area contributed by atoms with Gasteiger partial charge < -0.3 is 9.88 Å². The summed E-state index contributed by atoms with van der Waals surface area (Å²) in [6.45, 7) is 7.61. The standard InChI is InChI=1S/C14H20N4/c1-11-3-4-12-13(9-11)16-14(15-12)10-18-7-5-17(2)6-8-18/h3-4,9H,5-8,10H2,1-2H3,(H,15,16). The molecule has 4 heteroatoms. The first-order chi connectivity index (χ1) is 8.70. The Morgan fingerprint density at radius 3 is 2.78 bits per heavy atom. The van der Waals surface area contributed by atoms with E-state index in [0.29, 0.717) is 0 Å². The maximum Gasteiger partial charge on any atom is 0.121 e. The van der Waals surface area contributed by atoms with Gasteiger partial charge in [0.1, 0.15) is 5.82 Å². The SMILES string of the molecule is Cc1ccc2nc(CN3CCN(C)CC3)[nH]c2c1. The zero-order chi connectivity index (χ0) is 12.5. The highest BCUT2D eigenvalue weighted by Crippen LogP contribution is 2.14. The normalized spacial score (nSPS) is 18.6. The molecule has 96 valence electrons. The largest absolute Gasteiger partial charge is 0.341 e. The van der Waals surface area contributed by atoms with Crippen LogP contribution in [0.3, 0.4) is 0 Å². The Balaban J connectivity index is 1.74. The third-order valence-electron chi connectivity index (χ3n) is 3.66. The number of H-pyrrole nitrogens is 1. The van der Waals surface area contributed by atoms with Crippen LogP contribution in [0.1, 0.15) is 11.4 Å². The van der Waals surface area contributed by atoms with Gasteiger partial charge in [0.05, 0.1) is 17.6 Å². The molecule has 1 aliphatic heterocycles. The number of hydrogen-bond donors (Lipinski definition) is 1. The first-order valence-electron chi connectivity index (χ1n) is 6.57. The predicted octanol–water partition coefficient (Wildman–Crippen LogP) is 1.62. The highest BCUT2D eigenvalue weighted by atomic mass is 15.3. The number of likely N-dealkylation sites (N-methyl/N-ethyl adjacent to an activating group) is 1. The Morgan fingerprint density at radius 2 is 2.00 bits per heavy atom. The van der Waals surface area contributed by atoms with E-state index in [1.165, 1.54) is 5.56 Å². The van der Waals surface area contributed by atoms with E-state index in [1.54, 1.807) is 0 Å². The van der Waals surface area contributed by atoms with Crippen LogP contribution in [0.25, 0.3) is 11.0 Å². The number of nitrogens with zero attached hydrogens (tertiary/aromatic N) is 3. The van der Waals surface area contributed by atoms with Crippen molar-refractivity contribution >= 4 is 11.0 Å². The molecule has 0 atom stereocenters. The predicted molar refractivity (Wildman–Crippen MR) is 73.6 cm³/mol. The second kappa shape index (κ2) is 4.71. The summed E-state index contributed by atoms with van der Waals surface area (Å²) in [6, 6.07) is 6.37. The zero-order valence-electron chi connectivity index (χ0n) is 11.1. The summed E-state index contributed by atoms with van der Waals surface area (Å²) < 4.78 is 0. The molecule has 18 heavy (non-hydrogen) atoms. The molecule has 1 fully saturated rings. The Bertz CT molecular complexity index is 538. The van der Waals surface area contributed by atoms with Crippen LogP contribution in [-0.4, -0.2) is 53.0 Å². The third-order valence-corrected chi connectivity index (χ3v) is 3.66. The molecule has 1 aromatic heterocycles. The highest BCUT2D eigenvalue weighted by molar-refractivity contribution is 5.75. The lowest BCUT2D eigenvalue weighted by Crippen LogP contribution is -2.44. The quantitative estimate of drug-likeness (QED) is 0.872.